The van der Waals surface area contributed by atoms with E-state index in [4.69, 9.17) is 0 Å². The van der Waals surface area contributed by atoms with Gasteiger partial charge in [0.2, 0.25) is 0 Å². The third-order valence-electron chi connectivity index (χ3n) is 2.81. The van der Waals surface area contributed by atoms with E-state index in [1.54, 1.807) is 6.20 Å². The zero-order valence-electron chi connectivity index (χ0n) is 10.0. The molecule has 0 radical (unpaired) electrons. The fraction of sp³-hybridized carbons (Fsp3) is 0.214. The average Bonchev–Trinajstić information content (AvgIpc) is 2.36. The van der Waals surface area contributed by atoms with Gasteiger partial charge in [-0.3, -0.25) is 4.98 Å². The van der Waals surface area contributed by atoms with Crippen molar-refractivity contribution in [3.63, 3.8) is 0 Å². The van der Waals surface area contributed by atoms with Gasteiger partial charge in [-0.2, -0.15) is 0 Å². The van der Waals surface area contributed by atoms with Crippen molar-refractivity contribution < 1.29 is 4.39 Å². The van der Waals surface area contributed by atoms with E-state index in [1.807, 2.05) is 19.2 Å². The fourth-order valence-electron chi connectivity index (χ4n) is 1.91. The number of hydrogen-bond donors (Lipinski definition) is 1. The third kappa shape index (κ3) is 3.37. The van der Waals surface area contributed by atoms with E-state index in [2.05, 4.69) is 38.4 Å². The van der Waals surface area contributed by atoms with Crippen LogP contribution in [0.15, 0.2) is 47.2 Å². The molecule has 1 N–H and O–H groups in total. The van der Waals surface area contributed by atoms with Crippen LogP contribution in [0.5, 0.6) is 0 Å². The molecule has 18 heavy (non-hydrogen) atoms. The standard InChI is InChI=1S/C14H14BrFN2/c1-17-14(11-7-13(16)9-18-8-11)6-10-3-2-4-12(15)5-10/h2-5,7-9,14,17H,6H2,1H3. The molecule has 0 aliphatic carbocycles. The lowest BCUT2D eigenvalue weighted by Crippen LogP contribution is -2.19. The Labute approximate surface area is 114 Å². The summed E-state index contributed by atoms with van der Waals surface area (Å²) in [6, 6.07) is 9.69. The van der Waals surface area contributed by atoms with Gasteiger partial charge in [0.25, 0.3) is 0 Å². The van der Waals surface area contributed by atoms with E-state index in [0.717, 1.165) is 16.5 Å². The lowest BCUT2D eigenvalue weighted by Gasteiger charge is -2.16. The number of nitrogens with zero attached hydrogens (tertiary/aromatic N) is 1. The highest BCUT2D eigenvalue weighted by Crippen LogP contribution is 2.20. The SMILES string of the molecule is CNC(Cc1cccc(Br)c1)c1cncc(F)c1. The molecule has 0 saturated carbocycles. The van der Waals surface area contributed by atoms with Gasteiger partial charge in [0, 0.05) is 16.7 Å². The minimum Gasteiger partial charge on any atom is -0.313 e. The Kier molecular flexibility index (Phi) is 4.44. The Morgan fingerprint density at radius 2 is 2.17 bits per heavy atom. The van der Waals surface area contributed by atoms with Gasteiger partial charge in [-0.05, 0) is 42.8 Å². The molecule has 1 aromatic carbocycles. The highest BCUT2D eigenvalue weighted by Gasteiger charge is 2.11. The van der Waals surface area contributed by atoms with E-state index in [1.165, 1.54) is 17.8 Å². The zero-order chi connectivity index (χ0) is 13.0. The highest BCUT2D eigenvalue weighted by atomic mass is 79.9. The van der Waals surface area contributed by atoms with Crippen LogP contribution in [-0.4, -0.2) is 12.0 Å². The van der Waals surface area contributed by atoms with Crippen molar-refractivity contribution in [2.24, 2.45) is 0 Å². The Morgan fingerprint density at radius 1 is 1.33 bits per heavy atom. The normalized spacial score (nSPS) is 12.4. The number of pyridine rings is 1. The van der Waals surface area contributed by atoms with Crippen LogP contribution in [0.1, 0.15) is 17.2 Å². The highest BCUT2D eigenvalue weighted by molar-refractivity contribution is 9.10. The smallest absolute Gasteiger partial charge is 0.141 e. The molecule has 0 spiro atoms. The molecule has 2 aromatic rings. The molecule has 0 amide bonds. The first-order valence-corrected chi connectivity index (χ1v) is 6.50. The summed E-state index contributed by atoms with van der Waals surface area (Å²) < 4.78 is 14.2. The van der Waals surface area contributed by atoms with E-state index in [0.29, 0.717) is 0 Å². The van der Waals surface area contributed by atoms with E-state index < -0.39 is 0 Å². The monoisotopic (exact) mass is 308 g/mol. The van der Waals surface area contributed by atoms with Gasteiger partial charge in [-0.1, -0.05) is 28.1 Å². The Balaban J connectivity index is 2.19. The van der Waals surface area contributed by atoms with Crippen LogP contribution in [0.2, 0.25) is 0 Å². The summed E-state index contributed by atoms with van der Waals surface area (Å²) in [6.07, 6.45) is 3.71. The molecule has 0 aliphatic rings. The van der Waals surface area contributed by atoms with E-state index in [-0.39, 0.29) is 11.9 Å². The van der Waals surface area contributed by atoms with Gasteiger partial charge in [0.05, 0.1) is 6.20 Å². The van der Waals surface area contributed by atoms with E-state index in [9.17, 15) is 4.39 Å². The minimum absolute atomic E-state index is 0.0579. The number of hydrogen-bond acceptors (Lipinski definition) is 2. The number of likely N-dealkylation sites (N-methyl/N-ethyl adjacent to an activating group) is 1. The molecule has 0 fully saturated rings. The summed E-state index contributed by atoms with van der Waals surface area (Å²) in [5.41, 5.74) is 2.05. The van der Waals surface area contributed by atoms with Gasteiger partial charge >= 0.3 is 0 Å². The number of halogens is 2. The quantitative estimate of drug-likeness (QED) is 0.935. The maximum atomic E-state index is 13.2. The second kappa shape index (κ2) is 6.07. The lowest BCUT2D eigenvalue weighted by molar-refractivity contribution is 0.572. The summed E-state index contributed by atoms with van der Waals surface area (Å²) in [6.45, 7) is 0. The predicted molar refractivity (Wildman–Crippen MR) is 73.8 cm³/mol. The first-order chi connectivity index (χ1) is 8.69. The molecule has 1 heterocycles. The Morgan fingerprint density at radius 3 is 2.83 bits per heavy atom. The molecular weight excluding hydrogens is 295 g/mol. The molecule has 1 atom stereocenters. The number of rotatable bonds is 4. The fourth-order valence-corrected chi connectivity index (χ4v) is 2.35. The van der Waals surface area contributed by atoms with Crippen molar-refractivity contribution in [3.8, 4) is 0 Å². The number of benzene rings is 1. The largest absolute Gasteiger partial charge is 0.313 e. The van der Waals surface area contributed by atoms with Crippen molar-refractivity contribution in [3.05, 3.63) is 64.1 Å². The first-order valence-electron chi connectivity index (χ1n) is 5.71. The van der Waals surface area contributed by atoms with Gasteiger partial charge in [-0.15, -0.1) is 0 Å². The third-order valence-corrected chi connectivity index (χ3v) is 3.30. The topological polar surface area (TPSA) is 24.9 Å². The Bertz CT molecular complexity index is 531. The van der Waals surface area contributed by atoms with Gasteiger partial charge in [-0.25, -0.2) is 4.39 Å². The van der Waals surface area contributed by atoms with E-state index >= 15 is 0 Å². The average molecular weight is 309 g/mol. The molecular formula is C14H14BrFN2. The van der Waals surface area contributed by atoms with Gasteiger partial charge in [0.1, 0.15) is 5.82 Å². The van der Waals surface area contributed by atoms with Crippen LogP contribution >= 0.6 is 15.9 Å². The minimum atomic E-state index is -0.304. The molecule has 2 rings (SSSR count). The number of aromatic nitrogens is 1. The van der Waals surface area contributed by atoms with Crippen molar-refractivity contribution in [1.29, 1.82) is 0 Å². The second-order valence-corrected chi connectivity index (χ2v) is 5.03. The Hall–Kier alpha value is -1.26. The van der Waals surface area contributed by atoms with Crippen LogP contribution in [-0.2, 0) is 6.42 Å². The van der Waals surface area contributed by atoms with Crippen LogP contribution in [0.25, 0.3) is 0 Å². The van der Waals surface area contributed by atoms with Gasteiger partial charge < -0.3 is 5.32 Å². The summed E-state index contributed by atoms with van der Waals surface area (Å²) in [4.78, 5) is 3.89. The molecule has 1 unspecified atom stereocenters. The van der Waals surface area contributed by atoms with Crippen LogP contribution in [0, 0.1) is 5.82 Å². The molecule has 0 bridgehead atoms. The molecule has 2 nitrogen and oxygen atoms in total. The van der Waals surface area contributed by atoms with Crippen LogP contribution < -0.4 is 5.32 Å². The molecule has 94 valence electrons. The van der Waals surface area contributed by atoms with Gasteiger partial charge in [0.15, 0.2) is 0 Å². The second-order valence-electron chi connectivity index (χ2n) is 4.11. The maximum absolute atomic E-state index is 13.2. The molecule has 0 aliphatic heterocycles. The van der Waals surface area contributed by atoms with Crippen LogP contribution in [0.3, 0.4) is 0 Å². The summed E-state index contributed by atoms with van der Waals surface area (Å²) in [7, 11) is 1.87. The molecule has 0 saturated heterocycles. The van der Waals surface area contributed by atoms with Crippen molar-refractivity contribution in [2.75, 3.05) is 7.05 Å². The zero-order valence-corrected chi connectivity index (χ0v) is 11.6. The summed E-state index contributed by atoms with van der Waals surface area (Å²) >= 11 is 3.45. The first kappa shape index (κ1) is 13.2. The predicted octanol–water partition coefficient (Wildman–Crippen LogP) is 3.49. The van der Waals surface area contributed by atoms with Crippen molar-refractivity contribution in [1.82, 2.24) is 10.3 Å². The molecule has 4 heteroatoms. The van der Waals surface area contributed by atoms with Crippen molar-refractivity contribution >= 4 is 15.9 Å². The molecule has 1 aromatic heterocycles. The van der Waals surface area contributed by atoms with Crippen molar-refractivity contribution in [2.45, 2.75) is 12.5 Å². The summed E-state index contributed by atoms with van der Waals surface area (Å²) in [5.74, 6) is -0.304. The maximum Gasteiger partial charge on any atom is 0.141 e. The lowest BCUT2D eigenvalue weighted by atomic mass is 10.0. The van der Waals surface area contributed by atoms with Crippen LogP contribution in [0.4, 0.5) is 4.39 Å². The summed E-state index contributed by atoms with van der Waals surface area (Å²) in [5, 5.41) is 3.19. The number of nitrogens with one attached hydrogen (secondary N) is 1.